The first-order valence-electron chi connectivity index (χ1n) is 9.85. The Bertz CT molecular complexity index is 840. The quantitative estimate of drug-likeness (QED) is 0.832. The van der Waals surface area contributed by atoms with E-state index < -0.39 is 0 Å². The number of rotatable bonds is 6. The fourth-order valence-electron chi connectivity index (χ4n) is 3.78. The second kappa shape index (κ2) is 8.14. The summed E-state index contributed by atoms with van der Waals surface area (Å²) in [7, 11) is 0. The van der Waals surface area contributed by atoms with E-state index in [0.717, 1.165) is 25.0 Å². The number of aromatic nitrogens is 2. The normalized spacial score (nSPS) is 22.0. The SMILES string of the molecule is Cc1ccc(CN2CC(C(=O)Nc3cnn(CC4CCCO4)c3)CC2=O)cc1. The van der Waals surface area contributed by atoms with Gasteiger partial charge in [0.1, 0.15) is 0 Å². The summed E-state index contributed by atoms with van der Waals surface area (Å²) in [6, 6.07) is 8.12. The Kier molecular flexibility index (Phi) is 5.43. The van der Waals surface area contributed by atoms with Gasteiger partial charge in [-0.15, -0.1) is 0 Å². The molecule has 2 aromatic rings. The number of hydrogen-bond donors (Lipinski definition) is 1. The molecule has 7 nitrogen and oxygen atoms in total. The van der Waals surface area contributed by atoms with Crippen LogP contribution in [0.3, 0.4) is 0 Å². The lowest BCUT2D eigenvalue weighted by Crippen LogP contribution is -2.28. The molecular weight excluding hydrogens is 356 g/mol. The first-order valence-corrected chi connectivity index (χ1v) is 9.85. The zero-order chi connectivity index (χ0) is 19.5. The Labute approximate surface area is 164 Å². The van der Waals surface area contributed by atoms with Gasteiger partial charge in [0.05, 0.1) is 30.5 Å². The second-order valence-electron chi connectivity index (χ2n) is 7.74. The molecule has 0 radical (unpaired) electrons. The summed E-state index contributed by atoms with van der Waals surface area (Å²) >= 11 is 0. The minimum Gasteiger partial charge on any atom is -0.376 e. The van der Waals surface area contributed by atoms with Crippen molar-refractivity contribution in [1.82, 2.24) is 14.7 Å². The van der Waals surface area contributed by atoms with Crippen LogP contribution in [-0.2, 0) is 27.4 Å². The summed E-state index contributed by atoms with van der Waals surface area (Å²) in [5.41, 5.74) is 2.93. The lowest BCUT2D eigenvalue weighted by atomic mass is 10.1. The Morgan fingerprint density at radius 2 is 2.14 bits per heavy atom. The maximum absolute atomic E-state index is 12.6. The van der Waals surface area contributed by atoms with Crippen molar-refractivity contribution in [3.05, 3.63) is 47.8 Å². The van der Waals surface area contributed by atoms with Crippen molar-refractivity contribution in [3.63, 3.8) is 0 Å². The third-order valence-corrected chi connectivity index (χ3v) is 5.39. The lowest BCUT2D eigenvalue weighted by molar-refractivity contribution is -0.128. The highest BCUT2D eigenvalue weighted by atomic mass is 16.5. The molecule has 2 unspecified atom stereocenters. The molecule has 4 rings (SSSR count). The molecule has 0 spiro atoms. The van der Waals surface area contributed by atoms with Gasteiger partial charge in [-0.1, -0.05) is 29.8 Å². The van der Waals surface area contributed by atoms with Crippen LogP contribution in [-0.4, -0.2) is 45.8 Å². The molecule has 3 heterocycles. The monoisotopic (exact) mass is 382 g/mol. The topological polar surface area (TPSA) is 76.5 Å². The molecule has 28 heavy (non-hydrogen) atoms. The first kappa shape index (κ1) is 18.7. The largest absolute Gasteiger partial charge is 0.376 e. The van der Waals surface area contributed by atoms with Gasteiger partial charge < -0.3 is 15.0 Å². The summed E-state index contributed by atoms with van der Waals surface area (Å²) < 4.78 is 7.42. The lowest BCUT2D eigenvalue weighted by Gasteiger charge is -2.16. The van der Waals surface area contributed by atoms with E-state index in [1.165, 1.54) is 5.56 Å². The number of ether oxygens (including phenoxy) is 1. The Hall–Kier alpha value is -2.67. The van der Waals surface area contributed by atoms with Gasteiger partial charge in [0.15, 0.2) is 0 Å². The summed E-state index contributed by atoms with van der Waals surface area (Å²) in [4.78, 5) is 26.7. The molecule has 2 amide bonds. The van der Waals surface area contributed by atoms with Gasteiger partial charge >= 0.3 is 0 Å². The van der Waals surface area contributed by atoms with E-state index in [1.54, 1.807) is 15.8 Å². The molecular formula is C21H26N4O3. The molecule has 2 atom stereocenters. The maximum atomic E-state index is 12.6. The minimum atomic E-state index is -0.334. The summed E-state index contributed by atoms with van der Waals surface area (Å²) in [6.45, 7) is 4.53. The zero-order valence-electron chi connectivity index (χ0n) is 16.1. The predicted molar refractivity (Wildman–Crippen MR) is 105 cm³/mol. The molecule has 1 aromatic carbocycles. The third-order valence-electron chi connectivity index (χ3n) is 5.39. The van der Waals surface area contributed by atoms with Crippen LogP contribution in [0.5, 0.6) is 0 Å². The van der Waals surface area contributed by atoms with Crippen molar-refractivity contribution >= 4 is 17.5 Å². The van der Waals surface area contributed by atoms with Crippen LogP contribution < -0.4 is 5.32 Å². The van der Waals surface area contributed by atoms with Gasteiger partial charge in [0.2, 0.25) is 11.8 Å². The van der Waals surface area contributed by atoms with Crippen LogP contribution in [0.1, 0.15) is 30.4 Å². The fraction of sp³-hybridized carbons (Fsp3) is 0.476. The van der Waals surface area contributed by atoms with Gasteiger partial charge in [-0.2, -0.15) is 5.10 Å². The summed E-state index contributed by atoms with van der Waals surface area (Å²) in [6.07, 6.45) is 6.05. The van der Waals surface area contributed by atoms with E-state index >= 15 is 0 Å². The molecule has 2 fully saturated rings. The molecule has 1 aromatic heterocycles. The van der Waals surface area contributed by atoms with Crippen molar-refractivity contribution in [2.75, 3.05) is 18.5 Å². The average Bonchev–Trinajstić information content (AvgIpc) is 3.41. The minimum absolute atomic E-state index is 0.0230. The van der Waals surface area contributed by atoms with Gasteiger partial charge in [0, 0.05) is 32.3 Å². The Morgan fingerprint density at radius 3 is 2.89 bits per heavy atom. The van der Waals surface area contributed by atoms with Gasteiger partial charge in [-0.05, 0) is 25.3 Å². The number of carbonyl (C=O) groups is 2. The van der Waals surface area contributed by atoms with Crippen molar-refractivity contribution in [3.8, 4) is 0 Å². The highest BCUT2D eigenvalue weighted by Gasteiger charge is 2.34. The number of aryl methyl sites for hydroxylation is 1. The van der Waals surface area contributed by atoms with Gasteiger partial charge in [-0.3, -0.25) is 14.3 Å². The smallest absolute Gasteiger partial charge is 0.229 e. The Morgan fingerprint density at radius 1 is 1.32 bits per heavy atom. The molecule has 0 saturated carbocycles. The first-order chi connectivity index (χ1) is 13.6. The van der Waals surface area contributed by atoms with E-state index in [1.807, 2.05) is 37.4 Å². The Balaban J connectivity index is 1.30. The van der Waals surface area contributed by atoms with Crippen molar-refractivity contribution in [1.29, 1.82) is 0 Å². The molecule has 0 aliphatic carbocycles. The molecule has 2 saturated heterocycles. The number of nitrogens with zero attached hydrogens (tertiary/aromatic N) is 3. The summed E-state index contributed by atoms with van der Waals surface area (Å²) in [5.74, 6) is -0.439. The fourth-order valence-corrected chi connectivity index (χ4v) is 3.78. The van der Waals surface area contributed by atoms with E-state index in [4.69, 9.17) is 4.74 Å². The van der Waals surface area contributed by atoms with Crippen molar-refractivity contribution in [2.24, 2.45) is 5.92 Å². The highest BCUT2D eigenvalue weighted by molar-refractivity contribution is 5.97. The van der Waals surface area contributed by atoms with Crippen LogP contribution in [0.25, 0.3) is 0 Å². The standard InChI is InChI=1S/C21H26N4O3/c1-15-4-6-16(7-5-15)11-24-12-17(9-20(24)26)21(27)23-18-10-22-25(13-18)14-19-3-2-8-28-19/h4-7,10,13,17,19H,2-3,8-9,11-12,14H2,1H3,(H,23,27). The zero-order valence-corrected chi connectivity index (χ0v) is 16.1. The third kappa shape index (κ3) is 4.42. The molecule has 2 aliphatic rings. The van der Waals surface area contributed by atoms with Crippen LogP contribution in [0.15, 0.2) is 36.7 Å². The van der Waals surface area contributed by atoms with E-state index in [2.05, 4.69) is 10.4 Å². The van der Waals surface area contributed by atoms with Crippen LogP contribution in [0, 0.1) is 12.8 Å². The number of hydrogen-bond acceptors (Lipinski definition) is 4. The number of benzene rings is 1. The molecule has 0 bridgehead atoms. The molecule has 148 valence electrons. The summed E-state index contributed by atoms with van der Waals surface area (Å²) in [5, 5.41) is 7.20. The van der Waals surface area contributed by atoms with Crippen LogP contribution in [0.4, 0.5) is 5.69 Å². The van der Waals surface area contributed by atoms with E-state index in [9.17, 15) is 9.59 Å². The van der Waals surface area contributed by atoms with E-state index in [-0.39, 0.29) is 30.3 Å². The number of likely N-dealkylation sites (tertiary alicyclic amines) is 1. The van der Waals surface area contributed by atoms with Gasteiger partial charge in [-0.25, -0.2) is 0 Å². The predicted octanol–water partition coefficient (Wildman–Crippen LogP) is 2.36. The van der Waals surface area contributed by atoms with Crippen molar-refractivity contribution < 1.29 is 14.3 Å². The highest BCUT2D eigenvalue weighted by Crippen LogP contribution is 2.22. The number of nitrogens with one attached hydrogen (secondary N) is 1. The van der Waals surface area contributed by atoms with Crippen LogP contribution in [0.2, 0.25) is 0 Å². The van der Waals surface area contributed by atoms with Crippen LogP contribution >= 0.6 is 0 Å². The van der Waals surface area contributed by atoms with Gasteiger partial charge in [0.25, 0.3) is 0 Å². The van der Waals surface area contributed by atoms with E-state index in [0.29, 0.717) is 25.3 Å². The number of amides is 2. The number of carbonyl (C=O) groups excluding carboxylic acids is 2. The average molecular weight is 382 g/mol. The van der Waals surface area contributed by atoms with Crippen molar-refractivity contribution in [2.45, 2.75) is 45.4 Å². The molecule has 1 N–H and O–H groups in total. The number of anilines is 1. The molecule has 2 aliphatic heterocycles. The maximum Gasteiger partial charge on any atom is 0.229 e. The second-order valence-corrected chi connectivity index (χ2v) is 7.74. The molecule has 7 heteroatoms.